The molecule has 54 valence electrons. The van der Waals surface area contributed by atoms with Gasteiger partial charge in [-0.25, -0.2) is 0 Å². The molecule has 0 unspecified atom stereocenters. The SMILES string of the molecule is CNC(=O)C1=NCCN=C1. The lowest BCUT2D eigenvalue weighted by molar-refractivity contribution is -0.114. The van der Waals surface area contributed by atoms with E-state index in [0.29, 0.717) is 18.8 Å². The summed E-state index contributed by atoms with van der Waals surface area (Å²) in [4.78, 5) is 18.7. The Morgan fingerprint density at radius 1 is 1.70 bits per heavy atom. The van der Waals surface area contributed by atoms with Gasteiger partial charge in [0.15, 0.2) is 0 Å². The molecule has 0 aromatic heterocycles. The summed E-state index contributed by atoms with van der Waals surface area (Å²) in [6.45, 7) is 1.32. The van der Waals surface area contributed by atoms with Gasteiger partial charge >= 0.3 is 0 Å². The summed E-state index contributed by atoms with van der Waals surface area (Å²) in [5.74, 6) is -0.163. The van der Waals surface area contributed by atoms with E-state index in [9.17, 15) is 4.79 Å². The van der Waals surface area contributed by atoms with Crippen molar-refractivity contribution >= 4 is 17.8 Å². The molecular weight excluding hydrogens is 130 g/mol. The van der Waals surface area contributed by atoms with Gasteiger partial charge in [0, 0.05) is 7.05 Å². The maximum Gasteiger partial charge on any atom is 0.270 e. The van der Waals surface area contributed by atoms with Crippen LogP contribution in [0.15, 0.2) is 9.98 Å². The Bertz CT molecular complexity index is 195. The maximum atomic E-state index is 10.8. The minimum Gasteiger partial charge on any atom is -0.354 e. The third-order valence-corrected chi connectivity index (χ3v) is 1.18. The number of aliphatic imine (C=N–C) groups is 2. The van der Waals surface area contributed by atoms with Crippen LogP contribution in [0, 0.1) is 0 Å². The predicted octanol–water partition coefficient (Wildman–Crippen LogP) is -0.742. The van der Waals surface area contributed by atoms with E-state index in [2.05, 4.69) is 15.3 Å². The first-order valence-electron chi connectivity index (χ1n) is 3.11. The molecular formula is C6H9N3O. The van der Waals surface area contributed by atoms with Crippen molar-refractivity contribution in [3.63, 3.8) is 0 Å². The zero-order valence-electron chi connectivity index (χ0n) is 5.79. The summed E-state index contributed by atoms with van der Waals surface area (Å²) in [5.41, 5.74) is 0.425. The third-order valence-electron chi connectivity index (χ3n) is 1.18. The normalized spacial score (nSPS) is 16.3. The largest absolute Gasteiger partial charge is 0.354 e. The average Bonchev–Trinajstić information content (AvgIpc) is 2.05. The van der Waals surface area contributed by atoms with Gasteiger partial charge in [0.25, 0.3) is 5.91 Å². The van der Waals surface area contributed by atoms with E-state index < -0.39 is 0 Å². The Morgan fingerprint density at radius 3 is 3.00 bits per heavy atom. The Balaban J connectivity index is 2.63. The Kier molecular flexibility index (Phi) is 2.15. The highest BCUT2D eigenvalue weighted by Gasteiger charge is 2.07. The van der Waals surface area contributed by atoms with Gasteiger partial charge in [-0.2, -0.15) is 0 Å². The van der Waals surface area contributed by atoms with E-state index in [1.807, 2.05) is 0 Å². The predicted molar refractivity (Wildman–Crippen MR) is 39.7 cm³/mol. The fourth-order valence-corrected chi connectivity index (χ4v) is 0.679. The van der Waals surface area contributed by atoms with Crippen LogP contribution in [-0.2, 0) is 4.79 Å². The lowest BCUT2D eigenvalue weighted by Crippen LogP contribution is -2.30. The number of carbonyl (C=O) groups is 1. The summed E-state index contributed by atoms with van der Waals surface area (Å²) >= 11 is 0. The molecule has 1 amide bonds. The molecule has 1 aliphatic rings. The molecule has 0 saturated carbocycles. The monoisotopic (exact) mass is 139 g/mol. The van der Waals surface area contributed by atoms with Crippen molar-refractivity contribution in [1.29, 1.82) is 0 Å². The first-order chi connectivity index (χ1) is 4.84. The van der Waals surface area contributed by atoms with Crippen LogP contribution in [0.2, 0.25) is 0 Å². The van der Waals surface area contributed by atoms with Gasteiger partial charge in [-0.15, -0.1) is 0 Å². The van der Waals surface area contributed by atoms with Crippen molar-refractivity contribution < 1.29 is 4.79 Å². The molecule has 0 bridgehead atoms. The minimum atomic E-state index is -0.163. The van der Waals surface area contributed by atoms with Gasteiger partial charge in [-0.3, -0.25) is 14.8 Å². The molecule has 0 fully saturated rings. The minimum absolute atomic E-state index is 0.163. The fourth-order valence-electron chi connectivity index (χ4n) is 0.679. The van der Waals surface area contributed by atoms with Gasteiger partial charge in [-0.1, -0.05) is 0 Å². The zero-order chi connectivity index (χ0) is 7.40. The van der Waals surface area contributed by atoms with E-state index in [1.165, 1.54) is 6.21 Å². The van der Waals surface area contributed by atoms with E-state index in [4.69, 9.17) is 0 Å². The molecule has 1 rings (SSSR count). The molecule has 0 aromatic carbocycles. The van der Waals surface area contributed by atoms with Crippen molar-refractivity contribution in [2.75, 3.05) is 20.1 Å². The molecule has 10 heavy (non-hydrogen) atoms. The van der Waals surface area contributed by atoms with E-state index >= 15 is 0 Å². The van der Waals surface area contributed by atoms with Gasteiger partial charge in [0.05, 0.1) is 19.3 Å². The van der Waals surface area contributed by atoms with Crippen LogP contribution in [0.25, 0.3) is 0 Å². The maximum absolute atomic E-state index is 10.8. The number of hydrogen-bond donors (Lipinski definition) is 1. The Hall–Kier alpha value is -1.19. The van der Waals surface area contributed by atoms with Crippen molar-refractivity contribution in [2.45, 2.75) is 0 Å². The van der Waals surface area contributed by atoms with Crippen LogP contribution in [0.4, 0.5) is 0 Å². The zero-order valence-corrected chi connectivity index (χ0v) is 5.79. The molecule has 1 N–H and O–H groups in total. The summed E-state index contributed by atoms with van der Waals surface area (Å²) in [6, 6.07) is 0. The van der Waals surface area contributed by atoms with Crippen LogP contribution in [-0.4, -0.2) is 38.0 Å². The number of hydrogen-bond acceptors (Lipinski definition) is 3. The smallest absolute Gasteiger partial charge is 0.270 e. The van der Waals surface area contributed by atoms with Crippen LogP contribution in [0.3, 0.4) is 0 Å². The molecule has 0 radical (unpaired) electrons. The number of nitrogens with zero attached hydrogens (tertiary/aromatic N) is 2. The second kappa shape index (κ2) is 3.10. The summed E-state index contributed by atoms with van der Waals surface area (Å²) in [5, 5.41) is 2.47. The van der Waals surface area contributed by atoms with E-state index in [0.717, 1.165) is 0 Å². The van der Waals surface area contributed by atoms with Crippen molar-refractivity contribution in [2.24, 2.45) is 9.98 Å². The van der Waals surface area contributed by atoms with Crippen LogP contribution < -0.4 is 5.32 Å². The fraction of sp³-hybridized carbons (Fsp3) is 0.500. The number of carbonyl (C=O) groups excluding carboxylic acids is 1. The second-order valence-corrected chi connectivity index (χ2v) is 1.88. The standard InChI is InChI=1S/C6H9N3O/c1-7-6(10)5-4-8-2-3-9-5/h4H,2-3H2,1H3,(H,7,10). The average molecular weight is 139 g/mol. The molecule has 1 heterocycles. The highest BCUT2D eigenvalue weighted by Crippen LogP contribution is 1.85. The summed E-state index contributed by atoms with van der Waals surface area (Å²) in [6.07, 6.45) is 1.50. The molecule has 0 spiro atoms. The molecule has 1 aliphatic heterocycles. The van der Waals surface area contributed by atoms with Crippen molar-refractivity contribution in [3.8, 4) is 0 Å². The Labute approximate surface area is 59.1 Å². The van der Waals surface area contributed by atoms with E-state index in [1.54, 1.807) is 7.05 Å². The van der Waals surface area contributed by atoms with Gasteiger partial charge < -0.3 is 5.32 Å². The van der Waals surface area contributed by atoms with Crippen LogP contribution in [0.5, 0.6) is 0 Å². The van der Waals surface area contributed by atoms with Crippen LogP contribution >= 0.6 is 0 Å². The Morgan fingerprint density at radius 2 is 2.50 bits per heavy atom. The highest BCUT2D eigenvalue weighted by atomic mass is 16.1. The molecule has 0 aromatic rings. The van der Waals surface area contributed by atoms with Crippen LogP contribution in [0.1, 0.15) is 0 Å². The number of rotatable bonds is 1. The summed E-state index contributed by atoms with van der Waals surface area (Å²) < 4.78 is 0. The molecule has 0 saturated heterocycles. The van der Waals surface area contributed by atoms with Gasteiger partial charge in [-0.05, 0) is 0 Å². The molecule has 4 nitrogen and oxygen atoms in total. The van der Waals surface area contributed by atoms with Crippen molar-refractivity contribution in [3.05, 3.63) is 0 Å². The highest BCUT2D eigenvalue weighted by molar-refractivity contribution is 6.60. The van der Waals surface area contributed by atoms with E-state index in [-0.39, 0.29) is 5.91 Å². The lowest BCUT2D eigenvalue weighted by Gasteiger charge is -2.02. The van der Waals surface area contributed by atoms with Gasteiger partial charge in [0.2, 0.25) is 0 Å². The first kappa shape index (κ1) is 6.92. The molecule has 4 heteroatoms. The van der Waals surface area contributed by atoms with Crippen molar-refractivity contribution in [1.82, 2.24) is 5.32 Å². The van der Waals surface area contributed by atoms with Gasteiger partial charge in [0.1, 0.15) is 5.71 Å². The summed E-state index contributed by atoms with van der Waals surface area (Å²) in [7, 11) is 1.58. The topological polar surface area (TPSA) is 53.8 Å². The first-order valence-corrected chi connectivity index (χ1v) is 3.11. The molecule has 0 atom stereocenters. The quantitative estimate of drug-likeness (QED) is 0.511. The molecule has 0 aliphatic carbocycles. The second-order valence-electron chi connectivity index (χ2n) is 1.88. The number of nitrogens with one attached hydrogen (secondary N) is 1. The number of amides is 1. The lowest BCUT2D eigenvalue weighted by atomic mass is 10.3. The third kappa shape index (κ3) is 1.40.